The Bertz CT molecular complexity index is 577. The smallest absolute Gasteiger partial charge is 0.323 e. The quantitative estimate of drug-likeness (QED) is 0.436. The number of ether oxygens (including phenoxy) is 4. The molecule has 0 aliphatic heterocycles. The molecule has 0 radical (unpaired) electrons. The molecule has 0 aliphatic rings. The topological polar surface area (TPSA) is 71.1 Å². The van der Waals surface area contributed by atoms with Gasteiger partial charge in [0.15, 0.2) is 16.9 Å². The van der Waals surface area contributed by atoms with Crippen LogP contribution in [0.3, 0.4) is 0 Å². The summed E-state index contributed by atoms with van der Waals surface area (Å²) in [4.78, 5) is 24.5. The van der Waals surface area contributed by atoms with Crippen LogP contribution in [0.5, 0.6) is 11.5 Å². The zero-order valence-electron chi connectivity index (χ0n) is 14.0. The highest BCUT2D eigenvalue weighted by molar-refractivity contribution is 6.01. The van der Waals surface area contributed by atoms with Crippen molar-refractivity contribution in [1.82, 2.24) is 0 Å². The van der Waals surface area contributed by atoms with Gasteiger partial charge in [0, 0.05) is 5.92 Å². The third-order valence-corrected chi connectivity index (χ3v) is 3.84. The van der Waals surface area contributed by atoms with Crippen LogP contribution in [0, 0.1) is 5.41 Å². The van der Waals surface area contributed by atoms with Crippen molar-refractivity contribution in [2.24, 2.45) is 5.41 Å². The van der Waals surface area contributed by atoms with Crippen LogP contribution in [0.1, 0.15) is 18.4 Å². The lowest BCUT2D eigenvalue weighted by atomic mass is 9.73. The highest BCUT2D eigenvalue weighted by Crippen LogP contribution is 2.41. The molecule has 23 heavy (non-hydrogen) atoms. The zero-order chi connectivity index (χ0) is 17.6. The zero-order valence-corrected chi connectivity index (χ0v) is 14.0. The summed E-state index contributed by atoms with van der Waals surface area (Å²) >= 11 is 0. The summed E-state index contributed by atoms with van der Waals surface area (Å²) < 4.78 is 20.1. The first-order valence-electron chi connectivity index (χ1n) is 6.91. The summed E-state index contributed by atoms with van der Waals surface area (Å²) in [5.41, 5.74) is -0.916. The minimum atomic E-state index is -1.56. The van der Waals surface area contributed by atoms with Gasteiger partial charge >= 0.3 is 11.9 Å². The van der Waals surface area contributed by atoms with Gasteiger partial charge in [0.05, 0.1) is 28.4 Å². The number of benzene rings is 1. The Kier molecular flexibility index (Phi) is 6.18. The van der Waals surface area contributed by atoms with Crippen molar-refractivity contribution in [3.8, 4) is 11.5 Å². The summed E-state index contributed by atoms with van der Waals surface area (Å²) in [5.74, 6) is -1.05. The molecule has 0 heterocycles. The SMILES string of the molecule is C=C[C@@H](c1ccc(OC)c(OC)c1)C(C)(C(=O)OC)C(=O)OC. The number of hydrogen-bond acceptors (Lipinski definition) is 6. The van der Waals surface area contributed by atoms with Crippen molar-refractivity contribution in [2.75, 3.05) is 28.4 Å². The summed E-state index contributed by atoms with van der Waals surface area (Å²) in [5, 5.41) is 0. The van der Waals surface area contributed by atoms with Gasteiger partial charge in [0.2, 0.25) is 0 Å². The van der Waals surface area contributed by atoms with Crippen LogP contribution < -0.4 is 9.47 Å². The third kappa shape index (κ3) is 3.31. The van der Waals surface area contributed by atoms with Crippen LogP contribution in [-0.4, -0.2) is 40.4 Å². The van der Waals surface area contributed by atoms with Crippen molar-refractivity contribution in [3.63, 3.8) is 0 Å². The van der Waals surface area contributed by atoms with E-state index in [9.17, 15) is 9.59 Å². The molecule has 0 bridgehead atoms. The minimum Gasteiger partial charge on any atom is -0.493 e. The van der Waals surface area contributed by atoms with Crippen LogP contribution >= 0.6 is 0 Å². The molecule has 0 aliphatic carbocycles. The monoisotopic (exact) mass is 322 g/mol. The molecule has 1 rings (SSSR count). The second-order valence-electron chi connectivity index (χ2n) is 5.01. The van der Waals surface area contributed by atoms with Crippen molar-refractivity contribution < 1.29 is 28.5 Å². The fourth-order valence-electron chi connectivity index (χ4n) is 2.51. The number of esters is 2. The van der Waals surface area contributed by atoms with Crippen LogP contribution in [0.25, 0.3) is 0 Å². The first-order chi connectivity index (χ1) is 10.9. The molecule has 126 valence electrons. The Morgan fingerprint density at radius 1 is 1.04 bits per heavy atom. The summed E-state index contributed by atoms with van der Waals surface area (Å²) in [6.45, 7) is 5.21. The van der Waals surface area contributed by atoms with Crippen LogP contribution in [-0.2, 0) is 19.1 Å². The first kappa shape index (κ1) is 18.5. The van der Waals surface area contributed by atoms with Gasteiger partial charge in [0.25, 0.3) is 0 Å². The molecule has 0 saturated heterocycles. The van der Waals surface area contributed by atoms with E-state index in [4.69, 9.17) is 18.9 Å². The standard InChI is InChI=1S/C17H22O6/c1-7-12(17(2,15(18)22-5)16(19)23-6)11-8-9-13(20-3)14(10-11)21-4/h7-10,12H,1H2,2-6H3/t12-/m0/s1. The molecule has 6 nitrogen and oxygen atoms in total. The molecule has 0 amide bonds. The highest BCUT2D eigenvalue weighted by atomic mass is 16.5. The second-order valence-corrected chi connectivity index (χ2v) is 5.01. The predicted octanol–water partition coefficient (Wildman–Crippen LogP) is 2.33. The van der Waals surface area contributed by atoms with E-state index in [1.54, 1.807) is 18.2 Å². The fraction of sp³-hybridized carbons (Fsp3) is 0.412. The number of carbonyl (C=O) groups excluding carboxylic acids is 2. The number of rotatable bonds is 7. The Balaban J connectivity index is 3.47. The first-order valence-corrected chi connectivity index (χ1v) is 6.91. The van der Waals surface area contributed by atoms with E-state index in [1.807, 2.05) is 0 Å². The van der Waals surface area contributed by atoms with E-state index in [-0.39, 0.29) is 0 Å². The molecule has 0 spiro atoms. The maximum Gasteiger partial charge on any atom is 0.323 e. The lowest BCUT2D eigenvalue weighted by Crippen LogP contribution is -2.43. The highest BCUT2D eigenvalue weighted by Gasteiger charge is 2.50. The average Bonchev–Trinajstić information content (AvgIpc) is 2.60. The molecule has 6 heteroatoms. The van der Waals surface area contributed by atoms with E-state index < -0.39 is 23.3 Å². The molecule has 1 atom stereocenters. The molecular weight excluding hydrogens is 300 g/mol. The third-order valence-electron chi connectivity index (χ3n) is 3.84. The largest absolute Gasteiger partial charge is 0.493 e. The number of methoxy groups -OCH3 is 4. The molecule has 0 fully saturated rings. The van der Waals surface area contributed by atoms with Crippen molar-refractivity contribution in [2.45, 2.75) is 12.8 Å². The van der Waals surface area contributed by atoms with E-state index >= 15 is 0 Å². The van der Waals surface area contributed by atoms with Gasteiger partial charge in [-0.15, -0.1) is 6.58 Å². The number of allylic oxidation sites excluding steroid dienone is 1. The van der Waals surface area contributed by atoms with Crippen LogP contribution in [0.4, 0.5) is 0 Å². The molecule has 0 saturated carbocycles. The maximum atomic E-state index is 12.3. The van der Waals surface area contributed by atoms with Gasteiger partial charge in [-0.25, -0.2) is 0 Å². The van der Waals surface area contributed by atoms with Gasteiger partial charge < -0.3 is 18.9 Å². The number of hydrogen-bond donors (Lipinski definition) is 0. The molecule has 1 aromatic carbocycles. The molecule has 0 aromatic heterocycles. The van der Waals surface area contributed by atoms with Gasteiger partial charge in [-0.1, -0.05) is 12.1 Å². The average molecular weight is 322 g/mol. The van der Waals surface area contributed by atoms with Crippen LogP contribution in [0.2, 0.25) is 0 Å². The normalized spacial score (nSPS) is 12.0. The summed E-state index contributed by atoms with van der Waals surface area (Å²) in [7, 11) is 5.47. The molecule has 0 unspecified atom stereocenters. The lowest BCUT2D eigenvalue weighted by Gasteiger charge is -2.31. The van der Waals surface area contributed by atoms with E-state index in [1.165, 1.54) is 41.4 Å². The molecule has 1 aromatic rings. The lowest BCUT2D eigenvalue weighted by molar-refractivity contribution is -0.168. The van der Waals surface area contributed by atoms with Crippen molar-refractivity contribution >= 4 is 11.9 Å². The summed E-state index contributed by atoms with van der Waals surface area (Å²) in [6.07, 6.45) is 1.51. The van der Waals surface area contributed by atoms with Gasteiger partial charge in [-0.3, -0.25) is 9.59 Å². The Hall–Kier alpha value is -2.50. The predicted molar refractivity (Wildman–Crippen MR) is 84.6 cm³/mol. The second kappa shape index (κ2) is 7.67. The van der Waals surface area contributed by atoms with E-state index in [2.05, 4.69) is 6.58 Å². The fourth-order valence-corrected chi connectivity index (χ4v) is 2.51. The Morgan fingerprint density at radius 3 is 1.96 bits per heavy atom. The Morgan fingerprint density at radius 2 is 1.57 bits per heavy atom. The Labute approximate surface area is 136 Å². The molecule has 0 N–H and O–H groups in total. The van der Waals surface area contributed by atoms with Gasteiger partial charge in [-0.2, -0.15) is 0 Å². The van der Waals surface area contributed by atoms with E-state index in [0.29, 0.717) is 17.1 Å². The van der Waals surface area contributed by atoms with Gasteiger partial charge in [-0.05, 0) is 24.6 Å². The van der Waals surface area contributed by atoms with E-state index in [0.717, 1.165) is 0 Å². The maximum absolute atomic E-state index is 12.3. The minimum absolute atomic E-state index is 0.480. The summed E-state index contributed by atoms with van der Waals surface area (Å²) in [6, 6.07) is 5.12. The van der Waals surface area contributed by atoms with Crippen molar-refractivity contribution in [1.29, 1.82) is 0 Å². The van der Waals surface area contributed by atoms with Crippen LogP contribution in [0.15, 0.2) is 30.9 Å². The molecular formula is C17H22O6. The van der Waals surface area contributed by atoms with Crippen molar-refractivity contribution in [3.05, 3.63) is 36.4 Å². The number of carbonyl (C=O) groups is 2. The van der Waals surface area contributed by atoms with Gasteiger partial charge in [0.1, 0.15) is 0 Å².